The normalized spacial score (nSPS) is 34.4. The Morgan fingerprint density at radius 1 is 1.23 bits per heavy atom. The van der Waals surface area contributed by atoms with Gasteiger partial charge in [-0.3, -0.25) is 4.99 Å². The molecule has 0 spiro atoms. The lowest BCUT2D eigenvalue weighted by atomic mass is 9.92. The zero-order valence-electron chi connectivity index (χ0n) is 8.00. The van der Waals surface area contributed by atoms with E-state index < -0.39 is 0 Å². The molecule has 74 valence electrons. The summed E-state index contributed by atoms with van der Waals surface area (Å²) >= 11 is 0. The molecular weight excluding hydrogens is 164 g/mol. The number of hydrogen-bond acceptors (Lipinski definition) is 3. The van der Waals surface area contributed by atoms with Crippen LogP contribution in [-0.2, 0) is 0 Å². The summed E-state index contributed by atoms with van der Waals surface area (Å²) in [6.45, 7) is 0.963. The first-order valence-electron chi connectivity index (χ1n) is 5.34. The van der Waals surface area contributed by atoms with Gasteiger partial charge >= 0.3 is 0 Å². The van der Waals surface area contributed by atoms with Crippen LogP contribution in [0.4, 0.5) is 0 Å². The Kier molecular flexibility index (Phi) is 2.83. The standard InChI is InChI=1S/C10H18N2O/c13-9-5-2-1-4-8(9)12-10-6-3-7-11-10/h8-9,13H,1-7H2,(H,11,12). The lowest BCUT2D eigenvalue weighted by molar-refractivity contribution is 0.0996. The van der Waals surface area contributed by atoms with E-state index in [1.807, 2.05) is 0 Å². The second-order valence-corrected chi connectivity index (χ2v) is 4.03. The van der Waals surface area contributed by atoms with Crippen molar-refractivity contribution >= 4 is 5.84 Å². The number of nitrogens with zero attached hydrogens (tertiary/aromatic N) is 1. The van der Waals surface area contributed by atoms with Crippen LogP contribution < -0.4 is 5.32 Å². The minimum absolute atomic E-state index is 0.156. The molecular formula is C10H18N2O. The number of aliphatic hydroxyl groups is 1. The minimum atomic E-state index is -0.156. The summed E-state index contributed by atoms with van der Waals surface area (Å²) in [6, 6.07) is 0.269. The third-order valence-corrected chi connectivity index (χ3v) is 2.96. The number of amidine groups is 1. The highest BCUT2D eigenvalue weighted by Gasteiger charge is 2.24. The molecule has 1 aliphatic carbocycles. The van der Waals surface area contributed by atoms with Crippen LogP contribution in [0.2, 0.25) is 0 Å². The van der Waals surface area contributed by atoms with Gasteiger partial charge in [-0.2, -0.15) is 0 Å². The molecule has 0 radical (unpaired) electrons. The number of rotatable bonds is 1. The van der Waals surface area contributed by atoms with Crippen molar-refractivity contribution in [1.82, 2.24) is 5.32 Å². The van der Waals surface area contributed by atoms with E-state index in [4.69, 9.17) is 0 Å². The molecule has 13 heavy (non-hydrogen) atoms. The molecule has 0 bridgehead atoms. The van der Waals surface area contributed by atoms with Gasteiger partial charge < -0.3 is 10.4 Å². The predicted molar refractivity (Wildman–Crippen MR) is 52.9 cm³/mol. The molecule has 0 aromatic carbocycles. The SMILES string of the molecule is OC1CCCCC1NC1=NCCC1. The summed E-state index contributed by atoms with van der Waals surface area (Å²) in [7, 11) is 0. The van der Waals surface area contributed by atoms with Crippen LogP contribution in [0.25, 0.3) is 0 Å². The topological polar surface area (TPSA) is 44.6 Å². The van der Waals surface area contributed by atoms with E-state index >= 15 is 0 Å². The van der Waals surface area contributed by atoms with E-state index in [0.29, 0.717) is 0 Å². The summed E-state index contributed by atoms with van der Waals surface area (Å²) in [6.07, 6.45) is 6.55. The molecule has 2 rings (SSSR count). The molecule has 3 nitrogen and oxygen atoms in total. The molecule has 2 unspecified atom stereocenters. The number of nitrogens with one attached hydrogen (secondary N) is 1. The molecule has 0 amide bonds. The number of hydrogen-bond donors (Lipinski definition) is 2. The second kappa shape index (κ2) is 4.09. The third kappa shape index (κ3) is 2.21. The first kappa shape index (κ1) is 9.00. The molecule has 1 heterocycles. The molecule has 0 saturated heterocycles. The highest BCUT2D eigenvalue weighted by molar-refractivity contribution is 5.83. The maximum Gasteiger partial charge on any atom is 0.0966 e. The molecule has 3 heteroatoms. The monoisotopic (exact) mass is 182 g/mol. The summed E-state index contributed by atoms with van der Waals surface area (Å²) in [5.41, 5.74) is 0. The quantitative estimate of drug-likeness (QED) is 0.637. The lowest BCUT2D eigenvalue weighted by Crippen LogP contribution is -2.44. The van der Waals surface area contributed by atoms with Crippen molar-refractivity contribution in [1.29, 1.82) is 0 Å². The molecule has 1 saturated carbocycles. The highest BCUT2D eigenvalue weighted by Crippen LogP contribution is 2.19. The van der Waals surface area contributed by atoms with Gasteiger partial charge in [-0.15, -0.1) is 0 Å². The predicted octanol–water partition coefficient (Wildman–Crippen LogP) is 1.07. The second-order valence-electron chi connectivity index (χ2n) is 4.03. The van der Waals surface area contributed by atoms with Crippen LogP contribution in [0.15, 0.2) is 4.99 Å². The Bertz CT molecular complexity index is 203. The Morgan fingerprint density at radius 3 is 2.77 bits per heavy atom. The van der Waals surface area contributed by atoms with E-state index in [9.17, 15) is 5.11 Å². The molecule has 1 aliphatic heterocycles. The molecule has 1 fully saturated rings. The molecule has 2 N–H and O–H groups in total. The van der Waals surface area contributed by atoms with E-state index in [1.165, 1.54) is 19.3 Å². The van der Waals surface area contributed by atoms with Gasteiger partial charge in [0.05, 0.1) is 18.0 Å². The van der Waals surface area contributed by atoms with Gasteiger partial charge in [0.1, 0.15) is 0 Å². The van der Waals surface area contributed by atoms with Gasteiger partial charge in [0.2, 0.25) is 0 Å². The lowest BCUT2D eigenvalue weighted by Gasteiger charge is -2.29. The van der Waals surface area contributed by atoms with Crippen molar-refractivity contribution in [2.24, 2.45) is 4.99 Å². The Labute approximate surface area is 79.3 Å². The summed E-state index contributed by atoms with van der Waals surface area (Å²) < 4.78 is 0. The average molecular weight is 182 g/mol. The summed E-state index contributed by atoms with van der Waals surface area (Å²) in [4.78, 5) is 4.36. The van der Waals surface area contributed by atoms with Gasteiger partial charge in [0.25, 0.3) is 0 Å². The van der Waals surface area contributed by atoms with Crippen molar-refractivity contribution in [2.75, 3.05) is 6.54 Å². The number of aliphatic hydroxyl groups excluding tert-OH is 1. The zero-order chi connectivity index (χ0) is 9.10. The first-order valence-corrected chi connectivity index (χ1v) is 5.34. The van der Waals surface area contributed by atoms with Crippen LogP contribution in [-0.4, -0.2) is 29.6 Å². The maximum atomic E-state index is 9.71. The Morgan fingerprint density at radius 2 is 2.08 bits per heavy atom. The minimum Gasteiger partial charge on any atom is -0.391 e. The van der Waals surface area contributed by atoms with E-state index in [2.05, 4.69) is 10.3 Å². The summed E-state index contributed by atoms with van der Waals surface area (Å²) in [5.74, 6) is 1.12. The van der Waals surface area contributed by atoms with Crippen LogP contribution in [0.5, 0.6) is 0 Å². The number of aliphatic imine (C=N–C) groups is 1. The van der Waals surface area contributed by atoms with Gasteiger partial charge in [-0.05, 0) is 19.3 Å². The van der Waals surface area contributed by atoms with Crippen molar-refractivity contribution in [3.63, 3.8) is 0 Å². The van der Waals surface area contributed by atoms with Gasteiger partial charge in [-0.1, -0.05) is 12.8 Å². The van der Waals surface area contributed by atoms with Gasteiger partial charge in [-0.25, -0.2) is 0 Å². The Balaban J connectivity index is 1.85. The van der Waals surface area contributed by atoms with E-state index in [-0.39, 0.29) is 12.1 Å². The average Bonchev–Trinajstić information content (AvgIpc) is 2.61. The fourth-order valence-electron chi connectivity index (χ4n) is 2.15. The first-order chi connectivity index (χ1) is 6.36. The van der Waals surface area contributed by atoms with Crippen LogP contribution in [0.1, 0.15) is 38.5 Å². The van der Waals surface area contributed by atoms with Crippen molar-refractivity contribution in [3.05, 3.63) is 0 Å². The Hall–Kier alpha value is -0.570. The van der Waals surface area contributed by atoms with E-state index in [0.717, 1.165) is 31.6 Å². The van der Waals surface area contributed by atoms with Crippen LogP contribution in [0.3, 0.4) is 0 Å². The van der Waals surface area contributed by atoms with Crippen molar-refractivity contribution in [2.45, 2.75) is 50.7 Å². The van der Waals surface area contributed by atoms with Crippen LogP contribution >= 0.6 is 0 Å². The zero-order valence-corrected chi connectivity index (χ0v) is 8.00. The molecule has 0 aromatic rings. The van der Waals surface area contributed by atoms with Gasteiger partial charge in [0.15, 0.2) is 0 Å². The smallest absolute Gasteiger partial charge is 0.0966 e. The van der Waals surface area contributed by atoms with Crippen molar-refractivity contribution in [3.8, 4) is 0 Å². The van der Waals surface area contributed by atoms with Crippen molar-refractivity contribution < 1.29 is 5.11 Å². The highest BCUT2D eigenvalue weighted by atomic mass is 16.3. The third-order valence-electron chi connectivity index (χ3n) is 2.96. The van der Waals surface area contributed by atoms with Gasteiger partial charge in [0, 0.05) is 13.0 Å². The van der Waals surface area contributed by atoms with E-state index in [1.54, 1.807) is 0 Å². The maximum absolute atomic E-state index is 9.71. The van der Waals surface area contributed by atoms with Crippen LogP contribution in [0, 0.1) is 0 Å². The summed E-state index contributed by atoms with van der Waals surface area (Å²) in [5, 5.41) is 13.1. The fraction of sp³-hybridized carbons (Fsp3) is 0.900. The molecule has 0 aromatic heterocycles. The fourth-order valence-corrected chi connectivity index (χ4v) is 2.15. The molecule has 2 aliphatic rings. The largest absolute Gasteiger partial charge is 0.391 e. The molecule has 2 atom stereocenters.